The molecule has 3 aromatic carbocycles. The SMILES string of the molecule is O=C(COC(=O)c1ccc(OCc2ccccc2)cc1)NCC1COc2ccccc2O1. The van der Waals surface area contributed by atoms with Crippen LogP contribution in [0.3, 0.4) is 0 Å². The molecule has 0 fully saturated rings. The minimum atomic E-state index is -0.582. The molecule has 7 heteroatoms. The molecule has 1 amide bonds. The number of fused-ring (bicyclic) bond motifs is 1. The predicted molar refractivity (Wildman–Crippen MR) is 117 cm³/mol. The van der Waals surface area contributed by atoms with E-state index in [9.17, 15) is 9.59 Å². The van der Waals surface area contributed by atoms with Gasteiger partial charge in [0.15, 0.2) is 18.1 Å². The number of nitrogens with one attached hydrogen (secondary N) is 1. The van der Waals surface area contributed by atoms with Crippen molar-refractivity contribution in [3.8, 4) is 17.2 Å². The maximum atomic E-state index is 12.2. The maximum absolute atomic E-state index is 12.2. The molecule has 3 aromatic rings. The number of benzene rings is 3. The van der Waals surface area contributed by atoms with E-state index in [1.165, 1.54) is 0 Å². The number of amides is 1. The average Bonchev–Trinajstić information content (AvgIpc) is 2.85. The Morgan fingerprint density at radius 2 is 1.62 bits per heavy atom. The van der Waals surface area contributed by atoms with Crippen LogP contribution in [0.5, 0.6) is 17.2 Å². The van der Waals surface area contributed by atoms with Gasteiger partial charge in [-0.2, -0.15) is 0 Å². The Hall–Kier alpha value is -4.00. The molecule has 1 N–H and O–H groups in total. The van der Waals surface area contributed by atoms with Gasteiger partial charge in [-0.25, -0.2) is 4.79 Å². The van der Waals surface area contributed by atoms with Crippen molar-refractivity contribution in [2.75, 3.05) is 19.8 Å². The van der Waals surface area contributed by atoms with Crippen LogP contribution in [-0.2, 0) is 16.1 Å². The minimum Gasteiger partial charge on any atom is -0.489 e. The molecule has 4 rings (SSSR count). The van der Waals surface area contributed by atoms with E-state index in [2.05, 4.69) is 5.32 Å². The molecule has 0 aliphatic carbocycles. The van der Waals surface area contributed by atoms with Gasteiger partial charge in [-0.1, -0.05) is 42.5 Å². The van der Waals surface area contributed by atoms with Gasteiger partial charge in [0.1, 0.15) is 25.1 Å². The highest BCUT2D eigenvalue weighted by atomic mass is 16.6. The van der Waals surface area contributed by atoms with Gasteiger partial charge in [-0.15, -0.1) is 0 Å². The molecule has 0 saturated carbocycles. The molecule has 164 valence electrons. The summed E-state index contributed by atoms with van der Waals surface area (Å²) in [4.78, 5) is 24.2. The van der Waals surface area contributed by atoms with Crippen LogP contribution in [0.15, 0.2) is 78.9 Å². The number of para-hydroxylation sites is 2. The molecule has 1 aliphatic heterocycles. The fraction of sp³-hybridized carbons (Fsp3) is 0.200. The lowest BCUT2D eigenvalue weighted by atomic mass is 10.2. The summed E-state index contributed by atoms with van der Waals surface area (Å²) >= 11 is 0. The first-order chi connectivity index (χ1) is 15.7. The summed E-state index contributed by atoms with van der Waals surface area (Å²) < 4.78 is 22.2. The molecule has 0 aromatic heterocycles. The average molecular weight is 433 g/mol. The van der Waals surface area contributed by atoms with Crippen molar-refractivity contribution in [2.24, 2.45) is 0 Å². The molecule has 1 aliphatic rings. The van der Waals surface area contributed by atoms with Crippen LogP contribution in [0.25, 0.3) is 0 Å². The van der Waals surface area contributed by atoms with Crippen molar-refractivity contribution in [1.82, 2.24) is 5.32 Å². The first kappa shape index (κ1) is 21.2. The number of hydrogen-bond donors (Lipinski definition) is 1. The van der Waals surface area contributed by atoms with Crippen LogP contribution in [0, 0.1) is 0 Å². The van der Waals surface area contributed by atoms with Crippen molar-refractivity contribution in [3.05, 3.63) is 90.0 Å². The van der Waals surface area contributed by atoms with E-state index < -0.39 is 11.9 Å². The zero-order chi connectivity index (χ0) is 22.2. The molecule has 1 heterocycles. The van der Waals surface area contributed by atoms with Crippen LogP contribution in [0.2, 0.25) is 0 Å². The van der Waals surface area contributed by atoms with Gasteiger partial charge < -0.3 is 24.3 Å². The quantitative estimate of drug-likeness (QED) is 0.549. The second kappa shape index (κ2) is 10.3. The third-order valence-electron chi connectivity index (χ3n) is 4.77. The monoisotopic (exact) mass is 433 g/mol. The molecule has 32 heavy (non-hydrogen) atoms. The van der Waals surface area contributed by atoms with Crippen LogP contribution in [0.1, 0.15) is 15.9 Å². The van der Waals surface area contributed by atoms with Crippen molar-refractivity contribution < 1.29 is 28.5 Å². The fourth-order valence-corrected chi connectivity index (χ4v) is 3.08. The second-order valence-electron chi connectivity index (χ2n) is 7.18. The van der Waals surface area contributed by atoms with Gasteiger partial charge in [-0.3, -0.25) is 4.79 Å². The molecule has 7 nitrogen and oxygen atoms in total. The van der Waals surface area contributed by atoms with Crippen molar-refractivity contribution in [1.29, 1.82) is 0 Å². The molecule has 1 unspecified atom stereocenters. The summed E-state index contributed by atoms with van der Waals surface area (Å²) in [6, 6.07) is 23.7. The zero-order valence-corrected chi connectivity index (χ0v) is 17.4. The third-order valence-corrected chi connectivity index (χ3v) is 4.77. The van der Waals surface area contributed by atoms with E-state index in [1.807, 2.05) is 54.6 Å². The number of rotatable bonds is 8. The van der Waals surface area contributed by atoms with Gasteiger partial charge in [-0.05, 0) is 42.0 Å². The lowest BCUT2D eigenvalue weighted by Crippen LogP contribution is -2.42. The highest BCUT2D eigenvalue weighted by Gasteiger charge is 2.21. The lowest BCUT2D eigenvalue weighted by molar-refractivity contribution is -0.124. The maximum Gasteiger partial charge on any atom is 0.338 e. The molecular weight excluding hydrogens is 410 g/mol. The predicted octanol–water partition coefficient (Wildman–Crippen LogP) is 3.38. The molecule has 1 atom stereocenters. The fourth-order valence-electron chi connectivity index (χ4n) is 3.08. The summed E-state index contributed by atoms with van der Waals surface area (Å²) in [5, 5.41) is 2.69. The van der Waals surface area contributed by atoms with Crippen molar-refractivity contribution >= 4 is 11.9 Å². The van der Waals surface area contributed by atoms with Crippen LogP contribution in [-0.4, -0.2) is 37.7 Å². The zero-order valence-electron chi connectivity index (χ0n) is 17.4. The van der Waals surface area contributed by atoms with E-state index >= 15 is 0 Å². The van der Waals surface area contributed by atoms with Crippen molar-refractivity contribution in [3.63, 3.8) is 0 Å². The Morgan fingerprint density at radius 1 is 0.906 bits per heavy atom. The highest BCUT2D eigenvalue weighted by molar-refractivity contribution is 5.91. The summed E-state index contributed by atoms with van der Waals surface area (Å²) in [5.41, 5.74) is 1.39. The Kier molecular flexibility index (Phi) is 6.87. The van der Waals surface area contributed by atoms with E-state index in [0.29, 0.717) is 36.0 Å². The summed E-state index contributed by atoms with van der Waals surface area (Å²) in [5.74, 6) is 0.963. The standard InChI is InChI=1S/C25H23NO6/c27-24(26-14-21-16-30-22-8-4-5-9-23(22)32-21)17-31-25(28)19-10-12-20(13-11-19)29-15-18-6-2-1-3-7-18/h1-13,21H,14-17H2,(H,26,27). The molecule has 0 bridgehead atoms. The number of esters is 1. The van der Waals surface area contributed by atoms with Gasteiger partial charge in [0.05, 0.1) is 12.1 Å². The smallest absolute Gasteiger partial charge is 0.338 e. The van der Waals surface area contributed by atoms with E-state index in [1.54, 1.807) is 24.3 Å². The van der Waals surface area contributed by atoms with E-state index in [0.717, 1.165) is 5.56 Å². The largest absolute Gasteiger partial charge is 0.489 e. The van der Waals surface area contributed by atoms with E-state index in [-0.39, 0.29) is 19.3 Å². The summed E-state index contributed by atoms with van der Waals surface area (Å²) in [7, 11) is 0. The molecule has 0 radical (unpaired) electrons. The Morgan fingerprint density at radius 3 is 2.41 bits per heavy atom. The van der Waals surface area contributed by atoms with Crippen LogP contribution >= 0.6 is 0 Å². The third kappa shape index (κ3) is 5.78. The van der Waals surface area contributed by atoms with E-state index in [4.69, 9.17) is 18.9 Å². The van der Waals surface area contributed by atoms with Crippen molar-refractivity contribution in [2.45, 2.75) is 12.7 Å². The van der Waals surface area contributed by atoms with Crippen LogP contribution in [0.4, 0.5) is 0 Å². The molecule has 0 saturated heterocycles. The Balaban J connectivity index is 1.17. The van der Waals surface area contributed by atoms with Gasteiger partial charge in [0.2, 0.25) is 0 Å². The topological polar surface area (TPSA) is 83.1 Å². The van der Waals surface area contributed by atoms with Gasteiger partial charge in [0.25, 0.3) is 5.91 Å². The Bertz CT molecular complexity index is 1050. The number of hydrogen-bond acceptors (Lipinski definition) is 6. The number of carbonyl (C=O) groups excluding carboxylic acids is 2. The Labute approximate surface area is 185 Å². The van der Waals surface area contributed by atoms with Gasteiger partial charge in [0, 0.05) is 0 Å². The number of ether oxygens (including phenoxy) is 4. The van der Waals surface area contributed by atoms with Crippen LogP contribution < -0.4 is 19.5 Å². The normalized spacial score (nSPS) is 14.3. The molecular formula is C25H23NO6. The first-order valence-corrected chi connectivity index (χ1v) is 10.3. The number of carbonyl (C=O) groups is 2. The first-order valence-electron chi connectivity index (χ1n) is 10.3. The lowest BCUT2D eigenvalue weighted by Gasteiger charge is -2.26. The van der Waals surface area contributed by atoms with Gasteiger partial charge >= 0.3 is 5.97 Å². The summed E-state index contributed by atoms with van der Waals surface area (Å²) in [6.45, 7) is 0.634. The molecule has 0 spiro atoms. The second-order valence-corrected chi connectivity index (χ2v) is 7.18. The summed E-state index contributed by atoms with van der Waals surface area (Å²) in [6.07, 6.45) is -0.312. The highest BCUT2D eigenvalue weighted by Crippen LogP contribution is 2.30. The minimum absolute atomic E-state index is 0.248.